The summed E-state index contributed by atoms with van der Waals surface area (Å²) in [6.45, 7) is 2.56. The Morgan fingerprint density at radius 2 is 1.77 bits per heavy atom. The van der Waals surface area contributed by atoms with Crippen molar-refractivity contribution in [3.05, 3.63) is 58.9 Å². The normalized spacial score (nSPS) is 14.9. The average molecular weight is 403 g/mol. The molecule has 30 heavy (non-hydrogen) atoms. The van der Waals surface area contributed by atoms with Gasteiger partial charge >= 0.3 is 0 Å². The Morgan fingerprint density at radius 3 is 2.63 bits per heavy atom. The highest BCUT2D eigenvalue weighted by atomic mass is 16.2. The second-order valence-electron chi connectivity index (χ2n) is 7.37. The van der Waals surface area contributed by atoms with Gasteiger partial charge in [0, 0.05) is 26.2 Å². The van der Waals surface area contributed by atoms with Crippen LogP contribution in [0.25, 0.3) is 21.9 Å². The maximum atomic E-state index is 12.8. The third-order valence-electron chi connectivity index (χ3n) is 5.44. The molecule has 9 heteroatoms. The van der Waals surface area contributed by atoms with Gasteiger partial charge in [-0.15, -0.1) is 5.10 Å². The number of aromatic nitrogens is 5. The smallest absolute Gasteiger partial charge is 0.278 e. The van der Waals surface area contributed by atoms with Gasteiger partial charge in [-0.25, -0.2) is 9.67 Å². The number of amides is 1. The van der Waals surface area contributed by atoms with Gasteiger partial charge in [-0.3, -0.25) is 9.59 Å². The van der Waals surface area contributed by atoms with Gasteiger partial charge in [0.1, 0.15) is 12.1 Å². The molecule has 2 aromatic carbocycles. The largest absolute Gasteiger partial charge is 0.341 e. The van der Waals surface area contributed by atoms with E-state index in [-0.39, 0.29) is 18.0 Å². The lowest BCUT2D eigenvalue weighted by Gasteiger charge is -2.21. The zero-order chi connectivity index (χ0) is 20.5. The van der Waals surface area contributed by atoms with E-state index in [0.717, 1.165) is 34.6 Å². The molecule has 1 amide bonds. The number of imidazole rings is 1. The fraction of sp³-hybridized carbons (Fsp3) is 0.286. The van der Waals surface area contributed by atoms with Crippen molar-refractivity contribution in [3.8, 4) is 0 Å². The Kier molecular flexibility index (Phi) is 4.62. The highest BCUT2D eigenvalue weighted by molar-refractivity contribution is 5.79. The van der Waals surface area contributed by atoms with Gasteiger partial charge in [-0.2, -0.15) is 0 Å². The third-order valence-corrected chi connectivity index (χ3v) is 5.44. The Balaban J connectivity index is 1.29. The molecule has 152 valence electrons. The predicted octanol–water partition coefficient (Wildman–Crippen LogP) is 1.41. The van der Waals surface area contributed by atoms with E-state index < -0.39 is 0 Å². The number of nitrogens with one attached hydrogen (secondary N) is 1. The molecule has 1 aliphatic heterocycles. The molecular formula is C21H21N7O2. The predicted molar refractivity (Wildman–Crippen MR) is 113 cm³/mol. The zero-order valence-corrected chi connectivity index (χ0v) is 16.4. The van der Waals surface area contributed by atoms with Crippen molar-refractivity contribution in [2.24, 2.45) is 0 Å². The molecule has 4 aromatic rings. The van der Waals surface area contributed by atoms with E-state index >= 15 is 0 Å². The minimum absolute atomic E-state index is 0.110. The second kappa shape index (κ2) is 7.58. The molecule has 2 aromatic heterocycles. The zero-order valence-electron chi connectivity index (χ0n) is 16.4. The Hall–Kier alpha value is -3.75. The van der Waals surface area contributed by atoms with Gasteiger partial charge in [-0.1, -0.05) is 29.5 Å². The molecule has 1 saturated heterocycles. The molecule has 3 heterocycles. The van der Waals surface area contributed by atoms with Crippen molar-refractivity contribution < 1.29 is 4.79 Å². The van der Waals surface area contributed by atoms with Crippen LogP contribution in [-0.4, -0.2) is 61.9 Å². The minimum atomic E-state index is -0.298. The van der Waals surface area contributed by atoms with E-state index in [1.165, 1.54) is 0 Å². The molecular weight excluding hydrogens is 382 g/mol. The van der Waals surface area contributed by atoms with Crippen molar-refractivity contribution in [3.63, 3.8) is 0 Å². The molecule has 5 rings (SSSR count). The minimum Gasteiger partial charge on any atom is -0.341 e. The summed E-state index contributed by atoms with van der Waals surface area (Å²) in [7, 11) is 0. The Labute approximate surface area is 171 Å². The first-order chi connectivity index (χ1) is 14.7. The van der Waals surface area contributed by atoms with Crippen LogP contribution in [-0.2, 0) is 11.3 Å². The quantitative estimate of drug-likeness (QED) is 0.555. The summed E-state index contributed by atoms with van der Waals surface area (Å²) in [5.74, 6) is 0.690. The van der Waals surface area contributed by atoms with Crippen molar-refractivity contribution in [1.82, 2.24) is 29.9 Å². The molecule has 0 atom stereocenters. The van der Waals surface area contributed by atoms with Gasteiger partial charge < -0.3 is 14.8 Å². The second-order valence-corrected chi connectivity index (χ2v) is 7.37. The maximum absolute atomic E-state index is 12.8. The number of para-hydroxylation sites is 2. The van der Waals surface area contributed by atoms with Crippen LogP contribution < -0.4 is 10.5 Å². The van der Waals surface area contributed by atoms with Crippen LogP contribution in [0.2, 0.25) is 0 Å². The number of hydrogen-bond acceptors (Lipinski definition) is 6. The SMILES string of the molecule is O=C(Cn1nnc2ccccc2c1=O)N1CCCN(c2nc3ccccc3[nH]2)CC1. The van der Waals surface area contributed by atoms with Crippen molar-refractivity contribution in [2.75, 3.05) is 31.1 Å². The Bertz CT molecular complexity index is 1250. The lowest BCUT2D eigenvalue weighted by atomic mass is 10.2. The van der Waals surface area contributed by atoms with E-state index in [1.807, 2.05) is 24.3 Å². The van der Waals surface area contributed by atoms with Crippen LogP contribution in [0.1, 0.15) is 6.42 Å². The van der Waals surface area contributed by atoms with Gasteiger partial charge in [-0.05, 0) is 30.7 Å². The molecule has 0 radical (unpaired) electrons. The maximum Gasteiger partial charge on any atom is 0.278 e. The van der Waals surface area contributed by atoms with E-state index in [4.69, 9.17) is 0 Å². The van der Waals surface area contributed by atoms with Gasteiger partial charge in [0.05, 0.1) is 16.4 Å². The highest BCUT2D eigenvalue weighted by Gasteiger charge is 2.22. The van der Waals surface area contributed by atoms with E-state index in [2.05, 4.69) is 25.2 Å². The van der Waals surface area contributed by atoms with Crippen LogP contribution in [0.4, 0.5) is 5.95 Å². The number of carbonyl (C=O) groups is 1. The fourth-order valence-electron chi connectivity index (χ4n) is 3.82. The van der Waals surface area contributed by atoms with Crippen LogP contribution in [0.5, 0.6) is 0 Å². The molecule has 0 saturated carbocycles. The molecule has 9 nitrogen and oxygen atoms in total. The lowest BCUT2D eigenvalue weighted by Crippen LogP contribution is -2.40. The molecule has 0 bridgehead atoms. The van der Waals surface area contributed by atoms with Crippen molar-refractivity contribution in [1.29, 1.82) is 0 Å². The molecule has 0 aliphatic carbocycles. The number of hydrogen-bond donors (Lipinski definition) is 1. The topological polar surface area (TPSA) is 100 Å². The van der Waals surface area contributed by atoms with Gasteiger partial charge in [0.25, 0.3) is 5.56 Å². The van der Waals surface area contributed by atoms with Crippen LogP contribution in [0.15, 0.2) is 53.3 Å². The van der Waals surface area contributed by atoms with Crippen molar-refractivity contribution in [2.45, 2.75) is 13.0 Å². The average Bonchev–Trinajstić information content (AvgIpc) is 3.05. The number of carbonyl (C=O) groups excluding carboxylic acids is 1. The molecule has 1 aliphatic rings. The molecule has 0 unspecified atom stereocenters. The lowest BCUT2D eigenvalue weighted by molar-refractivity contribution is -0.131. The summed E-state index contributed by atoms with van der Waals surface area (Å²) in [6.07, 6.45) is 0.821. The molecule has 1 fully saturated rings. The van der Waals surface area contributed by atoms with Crippen LogP contribution in [0, 0.1) is 0 Å². The number of aromatic amines is 1. The van der Waals surface area contributed by atoms with E-state index in [1.54, 1.807) is 29.2 Å². The number of nitrogens with zero attached hydrogens (tertiary/aromatic N) is 6. The summed E-state index contributed by atoms with van der Waals surface area (Å²) in [4.78, 5) is 37.4. The van der Waals surface area contributed by atoms with E-state index in [9.17, 15) is 9.59 Å². The van der Waals surface area contributed by atoms with E-state index in [0.29, 0.717) is 30.5 Å². The summed E-state index contributed by atoms with van der Waals surface area (Å²) in [5, 5.41) is 8.45. The van der Waals surface area contributed by atoms with Gasteiger partial charge in [0.2, 0.25) is 11.9 Å². The summed E-state index contributed by atoms with van der Waals surface area (Å²) >= 11 is 0. The number of rotatable bonds is 3. The number of H-pyrrole nitrogens is 1. The monoisotopic (exact) mass is 403 g/mol. The summed E-state index contributed by atoms with van der Waals surface area (Å²) in [5.41, 5.74) is 2.16. The first kappa shape index (κ1) is 18.3. The first-order valence-corrected chi connectivity index (χ1v) is 9.99. The Morgan fingerprint density at radius 1 is 0.967 bits per heavy atom. The first-order valence-electron chi connectivity index (χ1n) is 9.99. The third kappa shape index (κ3) is 3.38. The number of benzene rings is 2. The van der Waals surface area contributed by atoms with Crippen molar-refractivity contribution >= 4 is 33.8 Å². The van der Waals surface area contributed by atoms with Crippen LogP contribution in [0.3, 0.4) is 0 Å². The number of fused-ring (bicyclic) bond motifs is 2. The number of anilines is 1. The fourth-order valence-corrected chi connectivity index (χ4v) is 3.82. The molecule has 1 N–H and O–H groups in total. The standard InChI is InChI=1S/C21H21N7O2/c29-19(14-28-20(30)15-6-1-2-7-16(15)24-25-28)26-10-5-11-27(13-12-26)21-22-17-8-3-4-9-18(17)23-21/h1-4,6-9H,5,10-14H2,(H,22,23). The summed E-state index contributed by atoms with van der Waals surface area (Å²) < 4.78 is 1.15. The van der Waals surface area contributed by atoms with Gasteiger partial charge in [0.15, 0.2) is 0 Å². The molecule has 0 spiro atoms. The summed E-state index contributed by atoms with van der Waals surface area (Å²) in [6, 6.07) is 14.9. The van der Waals surface area contributed by atoms with Crippen LogP contribution >= 0.6 is 0 Å². The highest BCUT2D eigenvalue weighted by Crippen LogP contribution is 2.18.